The minimum absolute atomic E-state index is 0.190. The SMILES string of the molecule is CC1=CC(=NNC(=O)c2ccccc2-n2cccc2)CC1. The molecule has 0 aliphatic heterocycles. The Morgan fingerprint density at radius 2 is 1.90 bits per heavy atom. The number of para-hydroxylation sites is 1. The highest BCUT2D eigenvalue weighted by Crippen LogP contribution is 2.16. The fourth-order valence-electron chi connectivity index (χ4n) is 2.41. The standard InChI is InChI=1S/C17H17N3O/c1-13-8-9-14(12-13)18-19-17(21)15-6-2-3-7-16(15)20-10-4-5-11-20/h2-7,10-12H,8-9H2,1H3,(H,19,21). The quantitative estimate of drug-likeness (QED) is 0.861. The van der Waals surface area contributed by atoms with Crippen LogP contribution >= 0.6 is 0 Å². The van der Waals surface area contributed by atoms with Gasteiger partial charge in [0.25, 0.3) is 5.91 Å². The summed E-state index contributed by atoms with van der Waals surface area (Å²) in [6.07, 6.45) is 7.78. The molecular weight excluding hydrogens is 262 g/mol. The van der Waals surface area contributed by atoms with Crippen LogP contribution < -0.4 is 5.43 Å². The summed E-state index contributed by atoms with van der Waals surface area (Å²) >= 11 is 0. The zero-order valence-electron chi connectivity index (χ0n) is 11.9. The van der Waals surface area contributed by atoms with Crippen LogP contribution in [0.1, 0.15) is 30.1 Å². The Morgan fingerprint density at radius 1 is 1.14 bits per heavy atom. The van der Waals surface area contributed by atoms with Gasteiger partial charge in [-0.05, 0) is 50.1 Å². The lowest BCUT2D eigenvalue weighted by Crippen LogP contribution is -2.20. The number of hydrogen-bond donors (Lipinski definition) is 1. The first-order chi connectivity index (χ1) is 10.2. The zero-order valence-corrected chi connectivity index (χ0v) is 11.9. The zero-order chi connectivity index (χ0) is 14.7. The molecule has 4 heteroatoms. The maximum Gasteiger partial charge on any atom is 0.273 e. The minimum atomic E-state index is -0.190. The number of nitrogens with one attached hydrogen (secondary N) is 1. The molecule has 0 spiro atoms. The molecule has 0 radical (unpaired) electrons. The van der Waals surface area contributed by atoms with Crippen LogP contribution in [0, 0.1) is 0 Å². The van der Waals surface area contributed by atoms with E-state index < -0.39 is 0 Å². The molecule has 1 aromatic carbocycles. The average molecular weight is 279 g/mol. The Kier molecular flexibility index (Phi) is 3.69. The van der Waals surface area contributed by atoms with E-state index in [0.717, 1.165) is 24.2 Å². The number of nitrogens with zero attached hydrogens (tertiary/aromatic N) is 2. The summed E-state index contributed by atoms with van der Waals surface area (Å²) < 4.78 is 1.92. The van der Waals surface area contributed by atoms with Crippen molar-refractivity contribution >= 4 is 11.6 Å². The van der Waals surface area contributed by atoms with E-state index in [-0.39, 0.29) is 5.91 Å². The van der Waals surface area contributed by atoms with Crippen molar-refractivity contribution in [3.63, 3.8) is 0 Å². The summed E-state index contributed by atoms with van der Waals surface area (Å²) in [5, 5.41) is 4.20. The van der Waals surface area contributed by atoms with Gasteiger partial charge < -0.3 is 4.57 Å². The van der Waals surface area contributed by atoms with E-state index in [4.69, 9.17) is 0 Å². The van der Waals surface area contributed by atoms with Gasteiger partial charge in [0.15, 0.2) is 0 Å². The first kappa shape index (κ1) is 13.4. The largest absolute Gasteiger partial charge is 0.323 e. The highest BCUT2D eigenvalue weighted by Gasteiger charge is 2.12. The van der Waals surface area contributed by atoms with Gasteiger partial charge in [0, 0.05) is 12.4 Å². The lowest BCUT2D eigenvalue weighted by Gasteiger charge is -2.09. The molecule has 0 unspecified atom stereocenters. The Hall–Kier alpha value is -2.62. The molecule has 1 N–H and O–H groups in total. The highest BCUT2D eigenvalue weighted by atomic mass is 16.2. The van der Waals surface area contributed by atoms with E-state index in [9.17, 15) is 4.79 Å². The molecule has 0 saturated carbocycles. The molecule has 1 aromatic heterocycles. The van der Waals surface area contributed by atoms with Crippen LogP contribution in [0.2, 0.25) is 0 Å². The van der Waals surface area contributed by atoms with Crippen LogP contribution in [0.3, 0.4) is 0 Å². The van der Waals surface area contributed by atoms with Gasteiger partial charge in [-0.15, -0.1) is 0 Å². The van der Waals surface area contributed by atoms with Crippen molar-refractivity contribution in [1.29, 1.82) is 0 Å². The van der Waals surface area contributed by atoms with Crippen molar-refractivity contribution in [3.05, 3.63) is 66.0 Å². The Bertz CT molecular complexity index is 711. The van der Waals surface area contributed by atoms with Crippen molar-refractivity contribution in [2.75, 3.05) is 0 Å². The van der Waals surface area contributed by atoms with Crippen molar-refractivity contribution in [2.45, 2.75) is 19.8 Å². The number of amides is 1. The summed E-state index contributed by atoms with van der Waals surface area (Å²) in [5.41, 5.74) is 6.34. The molecule has 0 atom stereocenters. The molecule has 1 aliphatic rings. The van der Waals surface area contributed by atoms with Crippen molar-refractivity contribution in [3.8, 4) is 5.69 Å². The van der Waals surface area contributed by atoms with Gasteiger partial charge in [0.05, 0.1) is 17.0 Å². The van der Waals surface area contributed by atoms with Crippen LogP contribution in [0.15, 0.2) is 65.5 Å². The fourth-order valence-corrected chi connectivity index (χ4v) is 2.41. The predicted octanol–water partition coefficient (Wildman–Crippen LogP) is 3.30. The molecule has 0 bridgehead atoms. The van der Waals surface area contributed by atoms with Gasteiger partial charge >= 0.3 is 0 Å². The molecule has 1 heterocycles. The lowest BCUT2D eigenvalue weighted by atomic mass is 10.1. The van der Waals surface area contributed by atoms with Gasteiger partial charge in [-0.2, -0.15) is 5.10 Å². The summed E-state index contributed by atoms with van der Waals surface area (Å²) in [6.45, 7) is 2.08. The van der Waals surface area contributed by atoms with Crippen molar-refractivity contribution < 1.29 is 4.79 Å². The maximum absolute atomic E-state index is 12.3. The molecule has 0 fully saturated rings. The number of rotatable bonds is 3. The number of benzene rings is 1. The highest BCUT2D eigenvalue weighted by molar-refractivity contribution is 6.01. The number of hydrazone groups is 1. The number of carbonyl (C=O) groups is 1. The van der Waals surface area contributed by atoms with Crippen LogP contribution in [0.25, 0.3) is 5.69 Å². The average Bonchev–Trinajstić information content (AvgIpc) is 3.16. The van der Waals surface area contributed by atoms with Gasteiger partial charge in [-0.25, -0.2) is 5.43 Å². The normalized spacial score (nSPS) is 16.0. The number of hydrogen-bond acceptors (Lipinski definition) is 2. The summed E-state index contributed by atoms with van der Waals surface area (Å²) in [6, 6.07) is 11.4. The van der Waals surface area contributed by atoms with Gasteiger partial charge in [-0.3, -0.25) is 4.79 Å². The first-order valence-corrected chi connectivity index (χ1v) is 7.00. The van der Waals surface area contributed by atoms with Gasteiger partial charge in [-0.1, -0.05) is 17.7 Å². The number of allylic oxidation sites excluding steroid dienone is 2. The molecule has 3 rings (SSSR count). The Labute approximate surface area is 123 Å². The third-order valence-corrected chi connectivity index (χ3v) is 3.52. The van der Waals surface area contributed by atoms with E-state index in [1.807, 2.05) is 53.4 Å². The Morgan fingerprint density at radius 3 is 2.62 bits per heavy atom. The van der Waals surface area contributed by atoms with E-state index >= 15 is 0 Å². The number of aromatic nitrogens is 1. The van der Waals surface area contributed by atoms with Gasteiger partial charge in [0.2, 0.25) is 0 Å². The second-order valence-electron chi connectivity index (χ2n) is 5.14. The van der Waals surface area contributed by atoms with Crippen molar-refractivity contribution in [1.82, 2.24) is 9.99 Å². The second kappa shape index (κ2) is 5.79. The molecule has 21 heavy (non-hydrogen) atoms. The van der Waals surface area contributed by atoms with E-state index in [1.165, 1.54) is 5.57 Å². The summed E-state index contributed by atoms with van der Waals surface area (Å²) in [7, 11) is 0. The molecule has 106 valence electrons. The summed E-state index contributed by atoms with van der Waals surface area (Å²) in [5.74, 6) is -0.190. The molecule has 4 nitrogen and oxygen atoms in total. The van der Waals surface area contributed by atoms with Crippen LogP contribution in [0.4, 0.5) is 0 Å². The van der Waals surface area contributed by atoms with Crippen LogP contribution in [-0.4, -0.2) is 16.2 Å². The van der Waals surface area contributed by atoms with Crippen molar-refractivity contribution in [2.24, 2.45) is 5.10 Å². The molecule has 1 amide bonds. The lowest BCUT2D eigenvalue weighted by molar-refractivity contribution is 0.0955. The molecular formula is C17H17N3O. The van der Waals surface area contributed by atoms with Gasteiger partial charge in [0.1, 0.15) is 0 Å². The maximum atomic E-state index is 12.3. The second-order valence-corrected chi connectivity index (χ2v) is 5.14. The topological polar surface area (TPSA) is 46.4 Å². The molecule has 1 aliphatic carbocycles. The monoisotopic (exact) mass is 279 g/mol. The van der Waals surface area contributed by atoms with E-state index in [1.54, 1.807) is 6.07 Å². The smallest absolute Gasteiger partial charge is 0.273 e. The third kappa shape index (κ3) is 2.94. The minimum Gasteiger partial charge on any atom is -0.323 e. The first-order valence-electron chi connectivity index (χ1n) is 7.00. The molecule has 2 aromatic rings. The predicted molar refractivity (Wildman–Crippen MR) is 83.7 cm³/mol. The third-order valence-electron chi connectivity index (χ3n) is 3.52. The van der Waals surface area contributed by atoms with E-state index in [0.29, 0.717) is 5.56 Å². The Balaban J connectivity index is 1.83. The van der Waals surface area contributed by atoms with Crippen LogP contribution in [0.5, 0.6) is 0 Å². The number of carbonyl (C=O) groups excluding carboxylic acids is 1. The fraction of sp³-hybridized carbons (Fsp3) is 0.176. The van der Waals surface area contributed by atoms with E-state index in [2.05, 4.69) is 17.5 Å². The summed E-state index contributed by atoms with van der Waals surface area (Å²) in [4.78, 5) is 12.3. The van der Waals surface area contributed by atoms with Crippen LogP contribution in [-0.2, 0) is 0 Å². The molecule has 0 saturated heterocycles.